The number of aromatic nitrogens is 1. The van der Waals surface area contributed by atoms with Gasteiger partial charge in [0.2, 0.25) is 0 Å². The van der Waals surface area contributed by atoms with Crippen LogP contribution in [0.5, 0.6) is 0 Å². The second-order valence-corrected chi connectivity index (χ2v) is 5.61. The smallest absolute Gasteiger partial charge is 0.313 e. The second-order valence-electron chi connectivity index (χ2n) is 4.12. The van der Waals surface area contributed by atoms with Crippen LogP contribution in [0.2, 0.25) is 5.02 Å². The molecule has 0 aromatic carbocycles. The first-order valence-corrected chi connectivity index (χ1v) is 7.30. The zero-order chi connectivity index (χ0) is 14.5. The Balaban J connectivity index is 2.52. The molecule has 1 N–H and O–H groups in total. The highest BCUT2D eigenvalue weighted by molar-refractivity contribution is 7.99. The summed E-state index contributed by atoms with van der Waals surface area (Å²) in [6.07, 6.45) is -2.56. The summed E-state index contributed by atoms with van der Waals surface area (Å²) in [4.78, 5) is 3.76. The van der Waals surface area contributed by atoms with Crippen molar-refractivity contribution in [2.45, 2.75) is 37.5 Å². The van der Waals surface area contributed by atoms with Gasteiger partial charge in [-0.25, -0.2) is 4.98 Å². The van der Waals surface area contributed by atoms with E-state index in [0.717, 1.165) is 25.2 Å². The van der Waals surface area contributed by atoms with Gasteiger partial charge in [-0.2, -0.15) is 13.2 Å². The van der Waals surface area contributed by atoms with E-state index >= 15 is 0 Å². The molecular formula is C12H16ClF3N2S. The van der Waals surface area contributed by atoms with Crippen LogP contribution in [0, 0.1) is 0 Å². The monoisotopic (exact) mass is 312 g/mol. The van der Waals surface area contributed by atoms with Crippen molar-refractivity contribution in [3.63, 3.8) is 0 Å². The number of hydrogen-bond donors (Lipinski definition) is 1. The Hall–Kier alpha value is -0.460. The van der Waals surface area contributed by atoms with Gasteiger partial charge in [-0.05, 0) is 19.4 Å². The Bertz CT molecular complexity index is 412. The molecule has 0 aliphatic rings. The zero-order valence-electron chi connectivity index (χ0n) is 10.7. The lowest BCUT2D eigenvalue weighted by molar-refractivity contribution is -0.137. The summed E-state index contributed by atoms with van der Waals surface area (Å²) >= 11 is 7.15. The largest absolute Gasteiger partial charge is 0.417 e. The lowest BCUT2D eigenvalue weighted by Gasteiger charge is -2.11. The van der Waals surface area contributed by atoms with Gasteiger partial charge in [0, 0.05) is 24.5 Å². The molecule has 0 radical (unpaired) electrons. The normalized spacial score (nSPS) is 13.6. The van der Waals surface area contributed by atoms with Crippen LogP contribution in [-0.4, -0.2) is 23.3 Å². The van der Waals surface area contributed by atoms with Gasteiger partial charge in [0.25, 0.3) is 0 Å². The summed E-state index contributed by atoms with van der Waals surface area (Å²) in [5.74, 6) is 0.711. The molecule has 1 atom stereocenters. The van der Waals surface area contributed by atoms with E-state index in [1.54, 1.807) is 0 Å². The number of pyridine rings is 1. The van der Waals surface area contributed by atoms with Crippen LogP contribution in [0.4, 0.5) is 13.2 Å². The van der Waals surface area contributed by atoms with Gasteiger partial charge >= 0.3 is 6.18 Å². The van der Waals surface area contributed by atoms with E-state index < -0.39 is 11.7 Å². The Labute approximate surface area is 120 Å². The van der Waals surface area contributed by atoms with E-state index in [1.807, 2.05) is 0 Å². The molecular weight excluding hydrogens is 297 g/mol. The fraction of sp³-hybridized carbons (Fsp3) is 0.583. The van der Waals surface area contributed by atoms with E-state index in [4.69, 9.17) is 11.6 Å². The number of thioether (sulfide) groups is 1. The van der Waals surface area contributed by atoms with Crippen LogP contribution in [0.1, 0.15) is 25.8 Å². The van der Waals surface area contributed by atoms with Crippen molar-refractivity contribution in [2.24, 2.45) is 0 Å². The number of hydrogen-bond acceptors (Lipinski definition) is 3. The topological polar surface area (TPSA) is 24.9 Å². The molecule has 1 aromatic rings. The van der Waals surface area contributed by atoms with Crippen molar-refractivity contribution < 1.29 is 13.2 Å². The predicted octanol–water partition coefficient (Wildman–Crippen LogP) is 4.23. The van der Waals surface area contributed by atoms with Gasteiger partial charge in [-0.3, -0.25) is 0 Å². The molecule has 0 bridgehead atoms. The maximum absolute atomic E-state index is 12.4. The van der Waals surface area contributed by atoms with Gasteiger partial charge in [-0.1, -0.05) is 18.5 Å². The third-order valence-electron chi connectivity index (χ3n) is 2.58. The summed E-state index contributed by atoms with van der Waals surface area (Å²) in [5, 5.41) is 3.76. The van der Waals surface area contributed by atoms with Gasteiger partial charge < -0.3 is 5.32 Å². The maximum atomic E-state index is 12.4. The molecule has 1 rings (SSSR count). The molecule has 0 aliphatic heterocycles. The molecule has 0 aliphatic carbocycles. The average Bonchev–Trinajstić information content (AvgIpc) is 2.34. The number of alkyl halides is 3. The van der Waals surface area contributed by atoms with E-state index in [0.29, 0.717) is 16.8 Å². The molecule has 1 unspecified atom stereocenters. The quantitative estimate of drug-likeness (QED) is 0.628. The minimum absolute atomic E-state index is 0.0448. The van der Waals surface area contributed by atoms with Crippen LogP contribution in [-0.2, 0) is 6.18 Å². The fourth-order valence-corrected chi connectivity index (χ4v) is 2.35. The first-order chi connectivity index (χ1) is 8.84. The molecule has 0 saturated heterocycles. The summed E-state index contributed by atoms with van der Waals surface area (Å²) in [6.45, 7) is 4.92. The van der Waals surface area contributed by atoms with Crippen molar-refractivity contribution in [3.05, 3.63) is 22.8 Å². The average molecular weight is 313 g/mol. The molecule has 0 saturated carbocycles. The predicted molar refractivity (Wildman–Crippen MR) is 72.7 cm³/mol. The third-order valence-corrected chi connectivity index (χ3v) is 3.99. The van der Waals surface area contributed by atoms with Gasteiger partial charge in [0.1, 0.15) is 5.03 Å². The standard InChI is InChI=1S/C12H16ClF3N2S/c1-3-8(2)17-4-5-19-11-10(13)6-9(7-18-11)12(14,15)16/h6-8,17H,3-5H2,1-2H3. The van der Waals surface area contributed by atoms with Crippen molar-refractivity contribution in [3.8, 4) is 0 Å². The van der Waals surface area contributed by atoms with E-state index in [-0.39, 0.29) is 5.02 Å². The van der Waals surface area contributed by atoms with Crippen molar-refractivity contribution >= 4 is 23.4 Å². The summed E-state index contributed by atoms with van der Waals surface area (Å²) in [6, 6.07) is 1.34. The number of halogens is 4. The number of nitrogens with zero attached hydrogens (tertiary/aromatic N) is 1. The van der Waals surface area contributed by atoms with Crippen LogP contribution < -0.4 is 5.32 Å². The molecule has 108 valence electrons. The lowest BCUT2D eigenvalue weighted by atomic mass is 10.3. The van der Waals surface area contributed by atoms with E-state index in [9.17, 15) is 13.2 Å². The van der Waals surface area contributed by atoms with Crippen LogP contribution in [0.3, 0.4) is 0 Å². The van der Waals surface area contributed by atoms with Crippen LogP contribution in [0.25, 0.3) is 0 Å². The number of nitrogens with one attached hydrogen (secondary N) is 1. The van der Waals surface area contributed by atoms with E-state index in [2.05, 4.69) is 24.1 Å². The van der Waals surface area contributed by atoms with Gasteiger partial charge in [0.05, 0.1) is 10.6 Å². The summed E-state index contributed by atoms with van der Waals surface area (Å²) in [5.41, 5.74) is -0.820. The zero-order valence-corrected chi connectivity index (χ0v) is 12.3. The van der Waals surface area contributed by atoms with Crippen molar-refractivity contribution in [2.75, 3.05) is 12.3 Å². The second kappa shape index (κ2) is 7.36. The van der Waals surface area contributed by atoms with Crippen molar-refractivity contribution in [1.29, 1.82) is 0 Å². The Kier molecular flexibility index (Phi) is 6.42. The minimum atomic E-state index is -4.40. The Morgan fingerprint density at radius 1 is 1.47 bits per heavy atom. The Morgan fingerprint density at radius 2 is 2.16 bits per heavy atom. The number of rotatable bonds is 6. The molecule has 0 amide bonds. The highest BCUT2D eigenvalue weighted by Crippen LogP contribution is 2.33. The minimum Gasteiger partial charge on any atom is -0.313 e. The first-order valence-electron chi connectivity index (χ1n) is 5.93. The third kappa shape index (κ3) is 5.58. The SMILES string of the molecule is CCC(C)NCCSc1ncc(C(F)(F)F)cc1Cl. The maximum Gasteiger partial charge on any atom is 0.417 e. The van der Waals surface area contributed by atoms with Crippen LogP contribution in [0.15, 0.2) is 17.3 Å². The molecule has 1 aromatic heterocycles. The highest BCUT2D eigenvalue weighted by atomic mass is 35.5. The molecule has 7 heteroatoms. The molecule has 0 fully saturated rings. The summed E-state index contributed by atoms with van der Waals surface area (Å²) < 4.78 is 37.3. The summed E-state index contributed by atoms with van der Waals surface area (Å²) in [7, 11) is 0. The van der Waals surface area contributed by atoms with Crippen LogP contribution >= 0.6 is 23.4 Å². The highest BCUT2D eigenvalue weighted by Gasteiger charge is 2.31. The fourth-order valence-electron chi connectivity index (χ4n) is 1.28. The first kappa shape index (κ1) is 16.6. The molecule has 2 nitrogen and oxygen atoms in total. The Morgan fingerprint density at radius 3 is 2.68 bits per heavy atom. The molecule has 1 heterocycles. The van der Waals surface area contributed by atoms with Gasteiger partial charge in [0.15, 0.2) is 0 Å². The van der Waals surface area contributed by atoms with E-state index in [1.165, 1.54) is 11.8 Å². The van der Waals surface area contributed by atoms with Gasteiger partial charge in [-0.15, -0.1) is 11.8 Å². The molecule has 0 spiro atoms. The van der Waals surface area contributed by atoms with Crippen molar-refractivity contribution in [1.82, 2.24) is 10.3 Å². The lowest BCUT2D eigenvalue weighted by Crippen LogP contribution is -2.27. The molecule has 19 heavy (non-hydrogen) atoms.